The molecule has 1 N–H and O–H groups in total. The third-order valence-electron chi connectivity index (χ3n) is 2.47. The Morgan fingerprint density at radius 2 is 2.45 bits per heavy atom. The summed E-state index contributed by atoms with van der Waals surface area (Å²) >= 11 is 1.71. The van der Waals surface area contributed by atoms with Gasteiger partial charge in [0.05, 0.1) is 0 Å². The molecule has 0 bridgehead atoms. The molecule has 1 heterocycles. The fourth-order valence-electron chi connectivity index (χ4n) is 1.90. The second kappa shape index (κ2) is 2.55. The van der Waals surface area contributed by atoms with Crippen molar-refractivity contribution in [2.24, 2.45) is 5.92 Å². The van der Waals surface area contributed by atoms with Gasteiger partial charge in [-0.25, -0.2) is 4.79 Å². The van der Waals surface area contributed by atoms with E-state index in [2.05, 4.69) is 0 Å². The molecular weight excluding hydrogens is 160 g/mol. The summed E-state index contributed by atoms with van der Waals surface area (Å²) in [5.74, 6) is -0.357. The highest BCUT2D eigenvalue weighted by atomic mass is 32.2. The number of rotatable bonds is 1. The van der Waals surface area contributed by atoms with Gasteiger partial charge in [0.15, 0.2) is 0 Å². The lowest BCUT2D eigenvalue weighted by molar-refractivity contribution is -0.133. The van der Waals surface area contributed by atoms with Crippen LogP contribution in [0.15, 0.2) is 11.0 Å². The molecule has 0 radical (unpaired) electrons. The first-order chi connectivity index (χ1) is 5.29. The lowest BCUT2D eigenvalue weighted by Gasteiger charge is -2.08. The largest absolute Gasteiger partial charge is 0.478 e. The maximum Gasteiger partial charge on any atom is 0.332 e. The van der Waals surface area contributed by atoms with Crippen LogP contribution < -0.4 is 0 Å². The first-order valence-corrected chi connectivity index (χ1v) is 4.82. The maximum absolute atomic E-state index is 10.7. The van der Waals surface area contributed by atoms with Gasteiger partial charge in [0.25, 0.3) is 0 Å². The van der Waals surface area contributed by atoms with E-state index in [4.69, 9.17) is 5.11 Å². The highest BCUT2D eigenvalue weighted by Gasteiger charge is 2.37. The Bertz CT molecular complexity index is 222. The first-order valence-electron chi connectivity index (χ1n) is 3.88. The topological polar surface area (TPSA) is 37.3 Å². The summed E-state index contributed by atoms with van der Waals surface area (Å²) in [5.41, 5.74) is 0.650. The molecule has 0 saturated heterocycles. The number of hydrogen-bond donors (Lipinski definition) is 1. The zero-order valence-electron chi connectivity index (χ0n) is 6.12. The molecule has 1 aliphatic heterocycles. The van der Waals surface area contributed by atoms with Crippen molar-refractivity contribution in [2.75, 3.05) is 0 Å². The van der Waals surface area contributed by atoms with Gasteiger partial charge in [-0.2, -0.15) is 0 Å². The van der Waals surface area contributed by atoms with Gasteiger partial charge in [-0.05, 0) is 18.2 Å². The van der Waals surface area contributed by atoms with Crippen molar-refractivity contribution in [3.8, 4) is 0 Å². The van der Waals surface area contributed by atoms with Crippen LogP contribution in [-0.4, -0.2) is 16.3 Å². The molecule has 60 valence electrons. The first kappa shape index (κ1) is 7.22. The summed E-state index contributed by atoms with van der Waals surface area (Å²) in [4.78, 5) is 10.7. The summed E-state index contributed by atoms with van der Waals surface area (Å²) in [6.45, 7) is 0. The van der Waals surface area contributed by atoms with Gasteiger partial charge in [0.1, 0.15) is 0 Å². The molecule has 2 aliphatic rings. The van der Waals surface area contributed by atoms with Crippen LogP contribution in [0.5, 0.6) is 0 Å². The molecule has 0 spiro atoms. The van der Waals surface area contributed by atoms with Crippen molar-refractivity contribution in [3.63, 3.8) is 0 Å². The minimum atomic E-state index is -0.716. The molecule has 3 heteroatoms. The third kappa shape index (κ3) is 1.07. The van der Waals surface area contributed by atoms with E-state index in [1.165, 1.54) is 12.8 Å². The predicted octanol–water partition coefficient (Wildman–Crippen LogP) is 1.87. The van der Waals surface area contributed by atoms with Crippen LogP contribution in [0.2, 0.25) is 0 Å². The lowest BCUT2D eigenvalue weighted by Crippen LogP contribution is -2.12. The second-order valence-corrected chi connectivity index (χ2v) is 4.20. The molecule has 1 fully saturated rings. The molecule has 2 rings (SSSR count). The Balaban J connectivity index is 2.18. The normalized spacial score (nSPS) is 35.1. The molecule has 0 aromatic carbocycles. The zero-order chi connectivity index (χ0) is 7.84. The van der Waals surface area contributed by atoms with Crippen molar-refractivity contribution < 1.29 is 9.90 Å². The van der Waals surface area contributed by atoms with E-state index < -0.39 is 5.97 Å². The van der Waals surface area contributed by atoms with Gasteiger partial charge in [0, 0.05) is 16.7 Å². The molecular formula is C8H10O2S. The van der Waals surface area contributed by atoms with Gasteiger partial charge < -0.3 is 5.11 Å². The molecule has 0 amide bonds. The highest BCUT2D eigenvalue weighted by Crippen LogP contribution is 2.45. The quantitative estimate of drug-likeness (QED) is 0.652. The number of carbonyl (C=O) groups is 1. The van der Waals surface area contributed by atoms with E-state index in [9.17, 15) is 4.79 Å². The molecule has 1 saturated carbocycles. The van der Waals surface area contributed by atoms with Crippen molar-refractivity contribution in [1.82, 2.24) is 0 Å². The van der Waals surface area contributed by atoms with Crippen molar-refractivity contribution >= 4 is 17.7 Å². The monoisotopic (exact) mass is 170 g/mol. The highest BCUT2D eigenvalue weighted by molar-refractivity contribution is 8.03. The number of thioether (sulfide) groups is 1. The average molecular weight is 170 g/mol. The third-order valence-corrected chi connectivity index (χ3v) is 3.77. The summed E-state index contributed by atoms with van der Waals surface area (Å²) in [6.07, 6.45) is 3.48. The van der Waals surface area contributed by atoms with E-state index in [0.29, 0.717) is 16.7 Å². The Kier molecular flexibility index (Phi) is 1.68. The van der Waals surface area contributed by atoms with Crippen LogP contribution >= 0.6 is 11.8 Å². The number of hydrogen-bond acceptors (Lipinski definition) is 2. The van der Waals surface area contributed by atoms with Crippen LogP contribution in [0.1, 0.15) is 19.3 Å². The van der Waals surface area contributed by atoms with Crippen LogP contribution in [0, 0.1) is 5.92 Å². The maximum atomic E-state index is 10.7. The summed E-state index contributed by atoms with van der Waals surface area (Å²) in [7, 11) is 0. The van der Waals surface area contributed by atoms with E-state index in [1.54, 1.807) is 11.8 Å². The van der Waals surface area contributed by atoms with Crippen LogP contribution in [0.4, 0.5) is 0 Å². The molecule has 0 aromatic rings. The number of carboxylic acid groups (broad SMARTS) is 1. The Morgan fingerprint density at radius 3 is 3.18 bits per heavy atom. The average Bonchev–Trinajstić information content (AvgIpc) is 2.41. The van der Waals surface area contributed by atoms with Crippen LogP contribution in [-0.2, 0) is 4.79 Å². The minimum Gasteiger partial charge on any atom is -0.478 e. The van der Waals surface area contributed by atoms with Gasteiger partial charge in [0.2, 0.25) is 0 Å². The van der Waals surface area contributed by atoms with Crippen molar-refractivity contribution in [3.05, 3.63) is 11.0 Å². The molecule has 2 atom stereocenters. The second-order valence-electron chi connectivity index (χ2n) is 3.09. The molecule has 11 heavy (non-hydrogen) atoms. The fourth-order valence-corrected chi connectivity index (χ4v) is 3.27. The van der Waals surface area contributed by atoms with Crippen molar-refractivity contribution in [1.29, 1.82) is 0 Å². The van der Waals surface area contributed by atoms with E-state index in [0.717, 1.165) is 6.42 Å². The van der Waals surface area contributed by atoms with E-state index >= 15 is 0 Å². The molecule has 2 nitrogen and oxygen atoms in total. The summed E-state index contributed by atoms with van der Waals surface area (Å²) < 4.78 is 0. The van der Waals surface area contributed by atoms with Gasteiger partial charge >= 0.3 is 5.97 Å². The Hall–Kier alpha value is -0.440. The molecule has 2 unspecified atom stereocenters. The molecule has 0 aromatic heterocycles. The van der Waals surface area contributed by atoms with Gasteiger partial charge in [-0.3, -0.25) is 0 Å². The van der Waals surface area contributed by atoms with Crippen LogP contribution in [0.3, 0.4) is 0 Å². The van der Waals surface area contributed by atoms with Crippen molar-refractivity contribution in [2.45, 2.75) is 24.5 Å². The van der Waals surface area contributed by atoms with Crippen LogP contribution in [0.25, 0.3) is 0 Å². The number of fused-ring (bicyclic) bond motifs is 1. The van der Waals surface area contributed by atoms with Gasteiger partial charge in [-0.15, -0.1) is 11.8 Å². The lowest BCUT2D eigenvalue weighted by atomic mass is 9.99. The minimum absolute atomic E-state index is 0.359. The smallest absolute Gasteiger partial charge is 0.332 e. The predicted molar refractivity (Wildman–Crippen MR) is 44.4 cm³/mol. The zero-order valence-corrected chi connectivity index (χ0v) is 6.93. The van der Waals surface area contributed by atoms with Gasteiger partial charge in [-0.1, -0.05) is 6.42 Å². The molecule has 1 aliphatic carbocycles. The summed E-state index contributed by atoms with van der Waals surface area (Å²) in [5, 5.41) is 11.2. The Labute approximate surface area is 69.7 Å². The standard InChI is InChI=1S/C8H10O2S/c9-8(10)6-4-11-7-3-1-2-5(6)7/h4-5,7H,1-3H2,(H,9,10). The fraction of sp³-hybridized carbons (Fsp3) is 0.625. The number of aliphatic carboxylic acids is 1. The SMILES string of the molecule is O=C(O)C1=CSC2CCCC12. The summed E-state index contributed by atoms with van der Waals surface area (Å²) in [6, 6.07) is 0. The Morgan fingerprint density at radius 1 is 1.64 bits per heavy atom. The number of carboxylic acids is 1. The van der Waals surface area contributed by atoms with E-state index in [-0.39, 0.29) is 0 Å². The van der Waals surface area contributed by atoms with E-state index in [1.807, 2.05) is 5.41 Å².